The maximum absolute atomic E-state index is 12.2. The number of para-hydroxylation sites is 1. The van der Waals surface area contributed by atoms with E-state index in [4.69, 9.17) is 4.42 Å². The second kappa shape index (κ2) is 6.74. The molecule has 1 aliphatic carbocycles. The molecule has 1 saturated carbocycles. The normalized spacial score (nSPS) is 22.2. The van der Waals surface area contributed by atoms with Crippen molar-refractivity contribution in [3.8, 4) is 0 Å². The molecule has 1 aromatic carbocycles. The maximum Gasteiger partial charge on any atom is 0.475 e. The molecule has 0 spiro atoms. The lowest BCUT2D eigenvalue weighted by Crippen LogP contribution is -2.50. The van der Waals surface area contributed by atoms with E-state index in [0.717, 1.165) is 17.4 Å². The zero-order valence-electron chi connectivity index (χ0n) is 12.7. The Morgan fingerprint density at radius 1 is 1.35 bits per heavy atom. The number of fused-ring (bicyclic) bond motifs is 1. The van der Waals surface area contributed by atoms with Crippen LogP contribution in [-0.4, -0.2) is 40.2 Å². The minimum absolute atomic E-state index is 0.239. The Morgan fingerprint density at radius 3 is 2.83 bits per heavy atom. The minimum Gasteiger partial charge on any atom is -0.464 e. The van der Waals surface area contributed by atoms with E-state index in [9.17, 15) is 19.9 Å². The summed E-state index contributed by atoms with van der Waals surface area (Å²) in [7, 11) is -1.69. The molecular formula is C16H20BNO5. The van der Waals surface area contributed by atoms with Crippen LogP contribution in [0.3, 0.4) is 0 Å². The highest BCUT2D eigenvalue weighted by atomic mass is 16.4. The SMILES string of the molecule is O=C(N[C@@H](Cc1coc2ccccc12)B(O)O)[C@H]1CCC[C@H]1O. The minimum atomic E-state index is -1.69. The number of furan rings is 1. The van der Waals surface area contributed by atoms with Gasteiger partial charge >= 0.3 is 7.12 Å². The third kappa shape index (κ3) is 3.42. The van der Waals surface area contributed by atoms with Gasteiger partial charge in [0.2, 0.25) is 5.91 Å². The summed E-state index contributed by atoms with van der Waals surface area (Å²) in [5.41, 5.74) is 1.51. The molecule has 0 saturated heterocycles. The average molecular weight is 317 g/mol. The van der Waals surface area contributed by atoms with Crippen LogP contribution in [0.25, 0.3) is 11.0 Å². The number of hydrogen-bond acceptors (Lipinski definition) is 5. The molecule has 1 aliphatic rings. The fourth-order valence-corrected chi connectivity index (χ4v) is 3.19. The number of hydrogen-bond donors (Lipinski definition) is 4. The van der Waals surface area contributed by atoms with E-state index in [1.807, 2.05) is 24.3 Å². The molecule has 3 rings (SSSR count). The molecule has 0 unspecified atom stereocenters. The first kappa shape index (κ1) is 16.0. The third-order valence-electron chi connectivity index (χ3n) is 4.50. The van der Waals surface area contributed by atoms with E-state index in [1.165, 1.54) is 0 Å². The number of nitrogens with one attached hydrogen (secondary N) is 1. The van der Waals surface area contributed by atoms with Crippen molar-refractivity contribution in [1.29, 1.82) is 0 Å². The molecule has 4 N–H and O–H groups in total. The molecule has 6 nitrogen and oxygen atoms in total. The van der Waals surface area contributed by atoms with Crippen LogP contribution in [0.5, 0.6) is 0 Å². The van der Waals surface area contributed by atoms with E-state index in [1.54, 1.807) is 6.26 Å². The molecule has 1 heterocycles. The third-order valence-corrected chi connectivity index (χ3v) is 4.50. The van der Waals surface area contributed by atoms with Crippen molar-refractivity contribution in [2.75, 3.05) is 0 Å². The van der Waals surface area contributed by atoms with E-state index >= 15 is 0 Å². The highest BCUT2D eigenvalue weighted by molar-refractivity contribution is 6.43. The number of aliphatic hydroxyl groups is 1. The lowest BCUT2D eigenvalue weighted by Gasteiger charge is -2.21. The second-order valence-corrected chi connectivity index (χ2v) is 6.09. The molecular weight excluding hydrogens is 297 g/mol. The zero-order valence-corrected chi connectivity index (χ0v) is 12.7. The predicted octanol–water partition coefficient (Wildman–Crippen LogP) is 0.633. The number of carbonyl (C=O) groups is 1. The summed E-state index contributed by atoms with van der Waals surface area (Å²) >= 11 is 0. The Bertz CT molecular complexity index is 686. The van der Waals surface area contributed by atoms with Crippen LogP contribution in [0.1, 0.15) is 24.8 Å². The van der Waals surface area contributed by atoms with Crippen molar-refractivity contribution in [2.24, 2.45) is 5.92 Å². The van der Waals surface area contributed by atoms with Crippen molar-refractivity contribution in [3.05, 3.63) is 36.1 Å². The highest BCUT2D eigenvalue weighted by Crippen LogP contribution is 2.26. The van der Waals surface area contributed by atoms with Crippen LogP contribution in [-0.2, 0) is 11.2 Å². The van der Waals surface area contributed by atoms with Crippen molar-refractivity contribution >= 4 is 24.0 Å². The van der Waals surface area contributed by atoms with Crippen molar-refractivity contribution in [1.82, 2.24) is 5.32 Å². The molecule has 1 amide bonds. The molecule has 1 fully saturated rings. The van der Waals surface area contributed by atoms with E-state index in [0.29, 0.717) is 18.4 Å². The summed E-state index contributed by atoms with van der Waals surface area (Å²) in [5, 5.41) is 32.5. The van der Waals surface area contributed by atoms with E-state index in [-0.39, 0.29) is 12.3 Å². The number of rotatable bonds is 5. The Labute approximate surface area is 134 Å². The van der Waals surface area contributed by atoms with Crippen LogP contribution in [0.2, 0.25) is 0 Å². The summed E-state index contributed by atoms with van der Waals surface area (Å²) in [4.78, 5) is 12.2. The first-order valence-corrected chi connectivity index (χ1v) is 7.86. The highest BCUT2D eigenvalue weighted by Gasteiger charge is 2.35. The van der Waals surface area contributed by atoms with E-state index < -0.39 is 25.1 Å². The Hall–Kier alpha value is -1.83. The fourth-order valence-electron chi connectivity index (χ4n) is 3.19. The average Bonchev–Trinajstić information content (AvgIpc) is 3.13. The Kier molecular flexibility index (Phi) is 4.70. The largest absolute Gasteiger partial charge is 0.475 e. The van der Waals surface area contributed by atoms with Crippen molar-refractivity contribution in [2.45, 2.75) is 37.7 Å². The topological polar surface area (TPSA) is 103 Å². The fraction of sp³-hybridized carbons (Fsp3) is 0.438. The predicted molar refractivity (Wildman–Crippen MR) is 85.4 cm³/mol. The molecule has 3 atom stereocenters. The summed E-state index contributed by atoms with van der Waals surface area (Å²) in [6.07, 6.45) is 3.19. The summed E-state index contributed by atoms with van der Waals surface area (Å²) in [6.45, 7) is 0. The standard InChI is InChI=1S/C16H20BNO5/c19-13-6-3-5-12(13)16(20)18-15(17(21)22)8-10-9-23-14-7-2-1-4-11(10)14/h1-2,4,7,9,12-13,15,19,21-22H,3,5-6,8H2,(H,18,20)/t12-,13+,15-/m0/s1. The molecule has 1 aromatic heterocycles. The summed E-state index contributed by atoms with van der Waals surface area (Å²) < 4.78 is 5.44. The molecule has 122 valence electrons. The van der Waals surface area contributed by atoms with Crippen LogP contribution in [0.15, 0.2) is 34.9 Å². The Morgan fingerprint density at radius 2 is 2.13 bits per heavy atom. The molecule has 0 aliphatic heterocycles. The number of amides is 1. The maximum atomic E-state index is 12.2. The monoisotopic (exact) mass is 317 g/mol. The number of carbonyl (C=O) groups excluding carboxylic acids is 1. The van der Waals surface area contributed by atoms with Gasteiger partial charge in [-0.1, -0.05) is 18.2 Å². The van der Waals surface area contributed by atoms with Gasteiger partial charge in [0.15, 0.2) is 0 Å². The summed E-state index contributed by atoms with van der Waals surface area (Å²) in [6, 6.07) is 7.45. The van der Waals surface area contributed by atoms with E-state index in [2.05, 4.69) is 5.32 Å². The van der Waals surface area contributed by atoms with Gasteiger partial charge in [0.05, 0.1) is 24.2 Å². The van der Waals surface area contributed by atoms with Gasteiger partial charge in [0, 0.05) is 5.39 Å². The first-order valence-electron chi connectivity index (χ1n) is 7.86. The van der Waals surface area contributed by atoms with Gasteiger partial charge in [-0.25, -0.2) is 0 Å². The zero-order chi connectivity index (χ0) is 16.4. The summed E-state index contributed by atoms with van der Waals surface area (Å²) in [5.74, 6) is -1.66. The van der Waals surface area contributed by atoms with Gasteiger partial charge < -0.3 is 24.9 Å². The quantitative estimate of drug-likeness (QED) is 0.606. The molecule has 23 heavy (non-hydrogen) atoms. The number of aliphatic hydroxyl groups excluding tert-OH is 1. The van der Waals surface area contributed by atoms with Gasteiger partial charge in [-0.05, 0) is 37.3 Å². The van der Waals surface area contributed by atoms with Crippen molar-refractivity contribution < 1.29 is 24.4 Å². The van der Waals surface area contributed by atoms with Crippen LogP contribution in [0.4, 0.5) is 0 Å². The van der Waals surface area contributed by atoms with Gasteiger partial charge in [-0.15, -0.1) is 0 Å². The molecule has 2 aromatic rings. The van der Waals surface area contributed by atoms with Gasteiger partial charge in [-0.2, -0.15) is 0 Å². The molecule has 7 heteroatoms. The van der Waals surface area contributed by atoms with Gasteiger partial charge in [0.1, 0.15) is 5.58 Å². The van der Waals surface area contributed by atoms with Gasteiger partial charge in [0.25, 0.3) is 0 Å². The lowest BCUT2D eigenvalue weighted by atomic mass is 9.75. The van der Waals surface area contributed by atoms with Crippen molar-refractivity contribution in [3.63, 3.8) is 0 Å². The lowest BCUT2D eigenvalue weighted by molar-refractivity contribution is -0.127. The number of benzene rings is 1. The molecule has 0 radical (unpaired) electrons. The Balaban J connectivity index is 1.73. The first-order chi connectivity index (χ1) is 11.1. The van der Waals surface area contributed by atoms with Gasteiger partial charge in [-0.3, -0.25) is 4.79 Å². The van der Waals surface area contributed by atoms with Crippen LogP contribution in [0, 0.1) is 5.92 Å². The van der Waals surface area contributed by atoms with Crippen LogP contribution < -0.4 is 5.32 Å². The second-order valence-electron chi connectivity index (χ2n) is 6.09. The smallest absolute Gasteiger partial charge is 0.464 e. The molecule has 0 bridgehead atoms. The van der Waals surface area contributed by atoms with Crippen LogP contribution >= 0.6 is 0 Å².